The zero-order chi connectivity index (χ0) is 14.8. The van der Waals surface area contributed by atoms with Crippen LogP contribution in [0, 0.1) is 0 Å². The van der Waals surface area contributed by atoms with Crippen LogP contribution in [0.5, 0.6) is 0 Å². The Labute approximate surface area is 122 Å². The molecule has 0 aromatic carbocycles. The second kappa shape index (κ2) is 6.27. The highest BCUT2D eigenvalue weighted by atomic mass is 16.3. The molecule has 0 radical (unpaired) electrons. The van der Waals surface area contributed by atoms with Crippen molar-refractivity contribution in [3.05, 3.63) is 18.0 Å². The summed E-state index contributed by atoms with van der Waals surface area (Å²) in [5.74, 6) is 0. The average Bonchev–Trinajstić information content (AvgIpc) is 2.86. The van der Waals surface area contributed by atoms with Crippen molar-refractivity contribution in [2.45, 2.75) is 71.1 Å². The molecule has 114 valence electrons. The van der Waals surface area contributed by atoms with Crippen molar-refractivity contribution in [3.63, 3.8) is 0 Å². The van der Waals surface area contributed by atoms with Crippen LogP contribution in [-0.4, -0.2) is 44.5 Å². The molecule has 1 aliphatic heterocycles. The maximum absolute atomic E-state index is 10.8. The maximum atomic E-state index is 10.8. The van der Waals surface area contributed by atoms with Gasteiger partial charge in [0.2, 0.25) is 0 Å². The molecule has 1 unspecified atom stereocenters. The van der Waals surface area contributed by atoms with Crippen LogP contribution >= 0.6 is 0 Å². The van der Waals surface area contributed by atoms with Crippen LogP contribution in [-0.2, 0) is 6.42 Å². The van der Waals surface area contributed by atoms with Gasteiger partial charge in [0, 0.05) is 37.8 Å². The third-order valence-electron chi connectivity index (χ3n) is 4.68. The fraction of sp³-hybridized carbons (Fsp3) is 0.812. The van der Waals surface area contributed by atoms with Gasteiger partial charge in [0.1, 0.15) is 0 Å². The third kappa shape index (κ3) is 3.61. The van der Waals surface area contributed by atoms with Crippen molar-refractivity contribution < 1.29 is 5.11 Å². The van der Waals surface area contributed by atoms with Gasteiger partial charge in [0.05, 0.1) is 11.3 Å². The van der Waals surface area contributed by atoms with Crippen LogP contribution in [0.4, 0.5) is 0 Å². The van der Waals surface area contributed by atoms with Crippen molar-refractivity contribution in [1.82, 2.24) is 14.7 Å². The monoisotopic (exact) mass is 279 g/mol. The van der Waals surface area contributed by atoms with Gasteiger partial charge in [-0.3, -0.25) is 4.68 Å². The first-order chi connectivity index (χ1) is 9.43. The van der Waals surface area contributed by atoms with Crippen molar-refractivity contribution in [1.29, 1.82) is 0 Å². The van der Waals surface area contributed by atoms with Gasteiger partial charge in [-0.1, -0.05) is 6.92 Å². The third-order valence-corrected chi connectivity index (χ3v) is 4.68. The van der Waals surface area contributed by atoms with Gasteiger partial charge in [-0.05, 0) is 46.1 Å². The molecule has 4 nitrogen and oxygen atoms in total. The van der Waals surface area contributed by atoms with Crippen LogP contribution < -0.4 is 0 Å². The Morgan fingerprint density at radius 2 is 1.95 bits per heavy atom. The van der Waals surface area contributed by atoms with E-state index in [2.05, 4.69) is 43.8 Å². The Kier molecular flexibility index (Phi) is 4.86. The van der Waals surface area contributed by atoms with Crippen molar-refractivity contribution in [3.8, 4) is 0 Å². The van der Waals surface area contributed by atoms with Crippen molar-refractivity contribution in [2.75, 3.05) is 13.1 Å². The van der Waals surface area contributed by atoms with Crippen LogP contribution in [0.15, 0.2) is 12.3 Å². The summed E-state index contributed by atoms with van der Waals surface area (Å²) in [6.45, 7) is 10.8. The molecule has 2 heterocycles. The van der Waals surface area contributed by atoms with Gasteiger partial charge >= 0.3 is 0 Å². The Morgan fingerprint density at radius 3 is 2.50 bits per heavy atom. The van der Waals surface area contributed by atoms with Gasteiger partial charge in [0.15, 0.2) is 0 Å². The molecular formula is C16H29N3O. The first-order valence-corrected chi connectivity index (χ1v) is 7.94. The van der Waals surface area contributed by atoms with Gasteiger partial charge < -0.3 is 10.0 Å². The summed E-state index contributed by atoms with van der Waals surface area (Å²) in [4.78, 5) is 2.44. The van der Waals surface area contributed by atoms with E-state index in [9.17, 15) is 5.11 Å². The lowest BCUT2D eigenvalue weighted by Gasteiger charge is -2.39. The van der Waals surface area contributed by atoms with Crippen LogP contribution in [0.3, 0.4) is 0 Å². The molecule has 0 saturated carbocycles. The molecule has 0 aliphatic carbocycles. The second-order valence-corrected chi connectivity index (χ2v) is 6.58. The molecule has 2 rings (SSSR count). The van der Waals surface area contributed by atoms with Gasteiger partial charge in [0.25, 0.3) is 0 Å². The first kappa shape index (κ1) is 15.5. The number of nitrogens with zero attached hydrogens (tertiary/aromatic N) is 3. The normalized spacial score (nSPS) is 21.3. The second-order valence-electron chi connectivity index (χ2n) is 6.58. The summed E-state index contributed by atoms with van der Waals surface area (Å²) in [6, 6.07) is 3.06. The molecule has 1 fully saturated rings. The number of piperidine rings is 1. The molecule has 20 heavy (non-hydrogen) atoms. The predicted molar refractivity (Wildman–Crippen MR) is 81.8 cm³/mol. The minimum absolute atomic E-state index is 0.432. The summed E-state index contributed by atoms with van der Waals surface area (Å²) in [7, 11) is 0. The SMILES string of the molecule is CCC(C)n1ccc(CC2(O)CCN(C(C)C)CC2)n1. The zero-order valence-corrected chi connectivity index (χ0v) is 13.3. The molecule has 1 aliphatic rings. The van der Waals surface area contributed by atoms with Crippen molar-refractivity contribution in [2.24, 2.45) is 0 Å². The fourth-order valence-electron chi connectivity index (χ4n) is 2.87. The quantitative estimate of drug-likeness (QED) is 0.901. The number of rotatable bonds is 5. The predicted octanol–water partition coefficient (Wildman–Crippen LogP) is 2.63. The summed E-state index contributed by atoms with van der Waals surface area (Å²) in [5, 5.41) is 15.4. The molecule has 0 amide bonds. The van der Waals surface area contributed by atoms with E-state index in [0.717, 1.165) is 38.0 Å². The minimum atomic E-state index is -0.569. The molecule has 1 saturated heterocycles. The minimum Gasteiger partial charge on any atom is -0.389 e. The number of aliphatic hydroxyl groups is 1. The number of hydrogen-bond donors (Lipinski definition) is 1. The number of likely N-dealkylation sites (tertiary alicyclic amines) is 1. The van der Waals surface area contributed by atoms with E-state index >= 15 is 0 Å². The molecular weight excluding hydrogens is 250 g/mol. The molecule has 0 spiro atoms. The molecule has 0 bridgehead atoms. The maximum Gasteiger partial charge on any atom is 0.0728 e. The average molecular weight is 279 g/mol. The molecule has 1 aromatic heterocycles. The lowest BCUT2D eigenvalue weighted by atomic mass is 9.86. The lowest BCUT2D eigenvalue weighted by Crippen LogP contribution is -2.47. The highest BCUT2D eigenvalue weighted by Crippen LogP contribution is 2.27. The highest BCUT2D eigenvalue weighted by Gasteiger charge is 2.33. The van der Waals surface area contributed by atoms with E-state index in [1.54, 1.807) is 0 Å². The summed E-state index contributed by atoms with van der Waals surface area (Å²) in [6.07, 6.45) is 5.50. The fourth-order valence-corrected chi connectivity index (χ4v) is 2.87. The van der Waals surface area contributed by atoms with Crippen LogP contribution in [0.25, 0.3) is 0 Å². The molecule has 1 atom stereocenters. The molecule has 1 aromatic rings. The Morgan fingerprint density at radius 1 is 1.30 bits per heavy atom. The number of hydrogen-bond acceptors (Lipinski definition) is 3. The van der Waals surface area contributed by atoms with Crippen molar-refractivity contribution >= 4 is 0 Å². The van der Waals surface area contributed by atoms with Gasteiger partial charge in [-0.2, -0.15) is 5.10 Å². The highest BCUT2D eigenvalue weighted by molar-refractivity contribution is 5.06. The zero-order valence-electron chi connectivity index (χ0n) is 13.3. The van der Waals surface area contributed by atoms with E-state index < -0.39 is 5.60 Å². The van der Waals surface area contributed by atoms with Gasteiger partial charge in [-0.15, -0.1) is 0 Å². The topological polar surface area (TPSA) is 41.3 Å². The smallest absolute Gasteiger partial charge is 0.0728 e. The van der Waals surface area contributed by atoms with E-state index in [1.807, 2.05) is 10.9 Å². The molecule has 4 heteroatoms. The van der Waals surface area contributed by atoms with E-state index in [1.165, 1.54) is 0 Å². The lowest BCUT2D eigenvalue weighted by molar-refractivity contribution is -0.0278. The standard InChI is InChI=1S/C16H29N3O/c1-5-14(4)19-9-6-15(17-19)12-16(20)7-10-18(11-8-16)13(2)3/h6,9,13-14,20H,5,7-8,10-12H2,1-4H3. The Balaban J connectivity index is 1.94. The van der Waals surface area contributed by atoms with Crippen LogP contribution in [0.1, 0.15) is 58.7 Å². The summed E-state index contributed by atoms with van der Waals surface area (Å²) in [5.41, 5.74) is 0.450. The summed E-state index contributed by atoms with van der Waals surface area (Å²) < 4.78 is 2.02. The first-order valence-electron chi connectivity index (χ1n) is 7.94. The largest absolute Gasteiger partial charge is 0.389 e. The Hall–Kier alpha value is -0.870. The van der Waals surface area contributed by atoms with E-state index in [0.29, 0.717) is 18.5 Å². The van der Waals surface area contributed by atoms with E-state index in [4.69, 9.17) is 0 Å². The number of aromatic nitrogens is 2. The molecule has 1 N–H and O–H groups in total. The Bertz CT molecular complexity index is 419. The van der Waals surface area contributed by atoms with Crippen LogP contribution in [0.2, 0.25) is 0 Å². The van der Waals surface area contributed by atoms with E-state index in [-0.39, 0.29) is 0 Å². The summed E-state index contributed by atoms with van der Waals surface area (Å²) >= 11 is 0. The van der Waals surface area contributed by atoms with Gasteiger partial charge in [-0.25, -0.2) is 0 Å².